The molecular weight excluding hydrogens is 238 g/mol. The van der Waals surface area contributed by atoms with Crippen molar-refractivity contribution in [1.82, 2.24) is 19.7 Å². The van der Waals surface area contributed by atoms with Gasteiger partial charge in [0.25, 0.3) is 0 Å². The van der Waals surface area contributed by atoms with Crippen molar-refractivity contribution in [2.45, 2.75) is 27.4 Å². The second-order valence-electron chi connectivity index (χ2n) is 3.47. The highest BCUT2D eigenvalue weighted by Gasteiger charge is 2.32. The van der Waals surface area contributed by atoms with Gasteiger partial charge < -0.3 is 10.1 Å². The number of aromatic nitrogens is 4. The molecule has 7 heteroatoms. The van der Waals surface area contributed by atoms with E-state index in [-0.39, 0.29) is 13.6 Å². The molecule has 92 valence electrons. The number of rotatable bonds is 3. The Morgan fingerprint density at radius 1 is 1.53 bits per heavy atom. The summed E-state index contributed by atoms with van der Waals surface area (Å²) in [6, 6.07) is 0.417. The number of hydrogen-bond donors (Lipinski definition) is 1. The molecule has 1 aliphatic rings. The zero-order valence-corrected chi connectivity index (χ0v) is 9.78. The number of anilines is 1. The summed E-state index contributed by atoms with van der Waals surface area (Å²) in [6.07, 6.45) is 0.00964. The van der Waals surface area contributed by atoms with Crippen molar-refractivity contribution < 1.29 is 4.74 Å². The van der Waals surface area contributed by atoms with Crippen molar-refractivity contribution in [2.75, 3.05) is 11.9 Å². The predicted octanol–water partition coefficient (Wildman–Crippen LogP) is 2.05. The first kappa shape index (κ1) is 11.8. The fourth-order valence-corrected chi connectivity index (χ4v) is 2.38. The zero-order valence-electron chi connectivity index (χ0n) is 8.97. The van der Waals surface area contributed by atoms with E-state index in [1.807, 2.05) is 19.2 Å². The summed E-state index contributed by atoms with van der Waals surface area (Å²) < 4.78 is 7.03. The summed E-state index contributed by atoms with van der Waals surface area (Å²) >= 11 is 1.62. The fourth-order valence-electron chi connectivity index (χ4n) is 1.55. The predicted molar refractivity (Wildman–Crippen MR) is 66.5 cm³/mol. The molecule has 6 nitrogen and oxygen atoms in total. The number of fused-ring (bicyclic) bond motifs is 1. The lowest BCUT2D eigenvalue weighted by atomic mass is 10.4. The van der Waals surface area contributed by atoms with Crippen molar-refractivity contribution in [3.05, 3.63) is 16.1 Å². The lowest BCUT2D eigenvalue weighted by Gasteiger charge is -2.26. The summed E-state index contributed by atoms with van der Waals surface area (Å²) in [6.45, 7) is 4.46. The molecule has 0 aliphatic carbocycles. The quantitative estimate of drug-likeness (QED) is 0.907. The van der Waals surface area contributed by atoms with Crippen LogP contribution in [-0.4, -0.2) is 26.4 Å². The first-order valence-electron chi connectivity index (χ1n) is 5.06. The minimum absolute atomic E-state index is 0. The van der Waals surface area contributed by atoms with E-state index in [0.717, 1.165) is 16.6 Å². The Morgan fingerprint density at radius 2 is 2.35 bits per heavy atom. The SMILES string of the molecule is C.CCOc1nc2n(n1)C(c1nc(C)cs1)N2. The van der Waals surface area contributed by atoms with E-state index in [1.165, 1.54) is 0 Å². The lowest BCUT2D eigenvalue weighted by Crippen LogP contribution is -2.32. The molecule has 17 heavy (non-hydrogen) atoms. The van der Waals surface area contributed by atoms with Gasteiger partial charge in [0.05, 0.1) is 6.61 Å². The summed E-state index contributed by atoms with van der Waals surface area (Å²) in [5.41, 5.74) is 1.03. The van der Waals surface area contributed by atoms with E-state index < -0.39 is 0 Å². The van der Waals surface area contributed by atoms with Gasteiger partial charge in [-0.15, -0.1) is 16.4 Å². The average Bonchev–Trinajstić information content (AvgIpc) is 2.77. The molecule has 3 heterocycles. The molecule has 3 rings (SSSR count). The fraction of sp³-hybridized carbons (Fsp3) is 0.500. The molecule has 0 bridgehead atoms. The molecule has 0 radical (unpaired) electrons. The van der Waals surface area contributed by atoms with Gasteiger partial charge in [-0.2, -0.15) is 9.67 Å². The van der Waals surface area contributed by atoms with E-state index in [1.54, 1.807) is 16.0 Å². The summed E-state index contributed by atoms with van der Waals surface area (Å²) in [4.78, 5) is 8.58. The number of ether oxygens (including phenoxy) is 1. The summed E-state index contributed by atoms with van der Waals surface area (Å²) in [5.74, 6) is 0.737. The van der Waals surface area contributed by atoms with Crippen LogP contribution in [-0.2, 0) is 0 Å². The first-order valence-corrected chi connectivity index (χ1v) is 5.94. The standard InChI is InChI=1S/C9H11N5OS.CH4/c1-3-15-9-12-8-11-6(14(8)13-9)7-10-5(2)4-16-7;/h4,6H,3H2,1-2H3,(H,11,12,13);1H4. The van der Waals surface area contributed by atoms with Crippen LogP contribution in [0.1, 0.15) is 31.2 Å². The van der Waals surface area contributed by atoms with Crippen LogP contribution < -0.4 is 10.1 Å². The van der Waals surface area contributed by atoms with Crippen LogP contribution in [0.3, 0.4) is 0 Å². The highest BCUT2D eigenvalue weighted by atomic mass is 32.1. The van der Waals surface area contributed by atoms with Crippen molar-refractivity contribution in [1.29, 1.82) is 0 Å². The Labute approximate surface area is 104 Å². The van der Waals surface area contributed by atoms with E-state index in [9.17, 15) is 0 Å². The van der Waals surface area contributed by atoms with Gasteiger partial charge in [0.2, 0.25) is 5.95 Å². The molecule has 0 fully saturated rings. The van der Waals surface area contributed by atoms with Crippen LogP contribution >= 0.6 is 11.3 Å². The minimum atomic E-state index is 0. The van der Waals surface area contributed by atoms with E-state index in [2.05, 4.69) is 20.4 Å². The van der Waals surface area contributed by atoms with Crippen molar-refractivity contribution in [3.8, 4) is 6.01 Å². The molecule has 1 atom stereocenters. The Bertz CT molecular complexity index is 520. The Balaban J connectivity index is 0.00000108. The van der Waals surface area contributed by atoms with Gasteiger partial charge in [0, 0.05) is 11.1 Å². The monoisotopic (exact) mass is 253 g/mol. The molecule has 1 N–H and O–H groups in total. The van der Waals surface area contributed by atoms with Crippen LogP contribution in [0.2, 0.25) is 0 Å². The van der Waals surface area contributed by atoms with Crippen LogP contribution in [0.5, 0.6) is 6.01 Å². The number of aryl methyl sites for hydroxylation is 1. The van der Waals surface area contributed by atoms with Crippen molar-refractivity contribution in [2.24, 2.45) is 0 Å². The smallest absolute Gasteiger partial charge is 0.337 e. The highest BCUT2D eigenvalue weighted by Crippen LogP contribution is 2.33. The largest absolute Gasteiger partial charge is 0.463 e. The normalized spacial score (nSPS) is 16.5. The molecular formula is C10H15N5OS. The summed E-state index contributed by atoms with van der Waals surface area (Å²) in [7, 11) is 0. The van der Waals surface area contributed by atoms with Gasteiger partial charge in [0.15, 0.2) is 6.17 Å². The topological polar surface area (TPSA) is 64.9 Å². The van der Waals surface area contributed by atoms with E-state index in [4.69, 9.17) is 4.74 Å². The van der Waals surface area contributed by atoms with Gasteiger partial charge in [-0.25, -0.2) is 4.98 Å². The average molecular weight is 253 g/mol. The Morgan fingerprint density at radius 3 is 3.00 bits per heavy atom. The van der Waals surface area contributed by atoms with Gasteiger partial charge >= 0.3 is 6.01 Å². The van der Waals surface area contributed by atoms with Crippen LogP contribution in [0.4, 0.5) is 5.95 Å². The summed E-state index contributed by atoms with van der Waals surface area (Å²) in [5, 5.41) is 10.5. The molecule has 0 saturated carbocycles. The van der Waals surface area contributed by atoms with Crippen LogP contribution in [0, 0.1) is 6.92 Å². The number of thiazole rings is 1. The number of hydrogen-bond acceptors (Lipinski definition) is 6. The van der Waals surface area contributed by atoms with Gasteiger partial charge in [-0.05, 0) is 13.8 Å². The van der Waals surface area contributed by atoms with Gasteiger partial charge in [-0.3, -0.25) is 0 Å². The maximum atomic E-state index is 5.24. The highest BCUT2D eigenvalue weighted by molar-refractivity contribution is 7.09. The second kappa shape index (κ2) is 4.33. The molecule has 0 spiro atoms. The Hall–Kier alpha value is -1.63. The van der Waals surface area contributed by atoms with Gasteiger partial charge in [-0.1, -0.05) is 7.43 Å². The Kier molecular flexibility index (Phi) is 3.01. The molecule has 0 saturated heterocycles. The van der Waals surface area contributed by atoms with Crippen LogP contribution in [0.15, 0.2) is 5.38 Å². The maximum absolute atomic E-state index is 5.24. The third-order valence-electron chi connectivity index (χ3n) is 2.27. The minimum Gasteiger partial charge on any atom is -0.463 e. The third kappa shape index (κ3) is 1.86. The molecule has 1 aliphatic heterocycles. The maximum Gasteiger partial charge on any atom is 0.337 e. The zero-order chi connectivity index (χ0) is 11.1. The first-order chi connectivity index (χ1) is 7.78. The molecule has 2 aromatic heterocycles. The van der Waals surface area contributed by atoms with Crippen LogP contribution in [0.25, 0.3) is 0 Å². The number of nitrogens with one attached hydrogen (secondary N) is 1. The van der Waals surface area contributed by atoms with Gasteiger partial charge in [0.1, 0.15) is 5.01 Å². The lowest BCUT2D eigenvalue weighted by molar-refractivity contribution is 0.309. The second-order valence-corrected chi connectivity index (χ2v) is 4.36. The molecule has 1 unspecified atom stereocenters. The molecule has 0 aromatic carbocycles. The molecule has 2 aromatic rings. The molecule has 0 amide bonds. The van der Waals surface area contributed by atoms with E-state index in [0.29, 0.717) is 12.6 Å². The van der Waals surface area contributed by atoms with E-state index >= 15 is 0 Å². The van der Waals surface area contributed by atoms with Crippen molar-refractivity contribution in [3.63, 3.8) is 0 Å². The number of nitrogens with zero attached hydrogens (tertiary/aromatic N) is 4. The third-order valence-corrected chi connectivity index (χ3v) is 3.28. The van der Waals surface area contributed by atoms with Crippen molar-refractivity contribution >= 4 is 17.3 Å².